The maximum absolute atomic E-state index is 12.4. The second-order valence-corrected chi connectivity index (χ2v) is 5.94. The number of halogens is 1. The fraction of sp³-hybridized carbons (Fsp3) is 0.615. The quantitative estimate of drug-likeness (QED) is 0.798. The molecule has 1 aliphatic rings. The number of imidazole rings is 1. The van der Waals surface area contributed by atoms with Crippen molar-refractivity contribution in [3.8, 4) is 0 Å². The summed E-state index contributed by atoms with van der Waals surface area (Å²) in [5, 5.41) is 0. The molecule has 0 amide bonds. The zero-order valence-corrected chi connectivity index (χ0v) is 13.8. The highest BCUT2D eigenvalue weighted by atomic mass is 79.9. The van der Waals surface area contributed by atoms with E-state index in [0.717, 1.165) is 23.8 Å². The minimum atomic E-state index is -0.412. The van der Waals surface area contributed by atoms with Crippen LogP contribution in [0.3, 0.4) is 0 Å². The van der Waals surface area contributed by atoms with E-state index in [9.17, 15) is 9.59 Å². The number of H-pyrrole nitrogens is 1. The van der Waals surface area contributed by atoms with Crippen LogP contribution in [0.25, 0.3) is 11.2 Å². The topological polar surface area (TPSA) is 91.1 Å². The first kappa shape index (κ1) is 15.4. The lowest BCUT2D eigenvalue weighted by Crippen LogP contribution is -2.40. The summed E-state index contributed by atoms with van der Waals surface area (Å²) < 4.78 is 14.0. The van der Waals surface area contributed by atoms with Crippen LogP contribution in [0.1, 0.15) is 19.3 Å². The van der Waals surface area contributed by atoms with Gasteiger partial charge in [-0.3, -0.25) is 13.9 Å². The molecule has 1 aliphatic heterocycles. The van der Waals surface area contributed by atoms with Crippen LogP contribution < -0.4 is 11.2 Å². The Morgan fingerprint density at radius 3 is 3.00 bits per heavy atom. The average molecular weight is 373 g/mol. The van der Waals surface area contributed by atoms with Crippen molar-refractivity contribution < 1.29 is 9.47 Å². The molecule has 3 heterocycles. The fourth-order valence-corrected chi connectivity index (χ4v) is 2.90. The maximum Gasteiger partial charge on any atom is 0.332 e. The van der Waals surface area contributed by atoms with E-state index in [4.69, 9.17) is 9.47 Å². The molecule has 0 spiro atoms. The summed E-state index contributed by atoms with van der Waals surface area (Å²) in [4.78, 5) is 31.5. The van der Waals surface area contributed by atoms with Gasteiger partial charge in [0, 0.05) is 13.7 Å². The normalized spacial score (nSPS) is 18.9. The van der Waals surface area contributed by atoms with Crippen LogP contribution in [0.5, 0.6) is 0 Å². The van der Waals surface area contributed by atoms with Crippen molar-refractivity contribution in [3.05, 3.63) is 25.6 Å². The first-order chi connectivity index (χ1) is 10.6. The van der Waals surface area contributed by atoms with Gasteiger partial charge in [-0.1, -0.05) is 0 Å². The minimum absolute atomic E-state index is 0.179. The molecule has 0 aromatic carbocycles. The Kier molecular flexibility index (Phi) is 4.46. The molecule has 0 bridgehead atoms. The molecule has 2 aromatic rings. The van der Waals surface area contributed by atoms with Gasteiger partial charge in [-0.05, 0) is 35.2 Å². The third-order valence-electron chi connectivity index (χ3n) is 3.71. The van der Waals surface area contributed by atoms with Crippen molar-refractivity contribution in [3.63, 3.8) is 0 Å². The van der Waals surface area contributed by atoms with Crippen molar-refractivity contribution in [2.75, 3.05) is 13.2 Å². The largest absolute Gasteiger partial charge is 0.353 e. The smallest absolute Gasteiger partial charge is 0.332 e. The molecule has 120 valence electrons. The molecule has 1 N–H and O–H groups in total. The third kappa shape index (κ3) is 2.88. The molecule has 3 rings (SSSR count). The number of rotatable bonds is 4. The number of hydrogen-bond donors (Lipinski definition) is 1. The number of hydrogen-bond acceptors (Lipinski definition) is 5. The summed E-state index contributed by atoms with van der Waals surface area (Å²) in [6.07, 6.45) is 2.73. The van der Waals surface area contributed by atoms with E-state index in [2.05, 4.69) is 25.9 Å². The van der Waals surface area contributed by atoms with Crippen LogP contribution >= 0.6 is 15.9 Å². The number of aromatic amines is 1. The van der Waals surface area contributed by atoms with Gasteiger partial charge in [-0.25, -0.2) is 9.78 Å². The van der Waals surface area contributed by atoms with E-state index in [1.165, 1.54) is 4.57 Å². The molecule has 1 fully saturated rings. The Labute approximate surface area is 134 Å². The van der Waals surface area contributed by atoms with Crippen LogP contribution in [-0.4, -0.2) is 38.6 Å². The fourth-order valence-electron chi connectivity index (χ4n) is 2.54. The molecular formula is C13H17BrN4O4. The highest BCUT2D eigenvalue weighted by molar-refractivity contribution is 9.10. The molecule has 0 radical (unpaired) electrons. The van der Waals surface area contributed by atoms with Crippen molar-refractivity contribution >= 4 is 27.1 Å². The monoisotopic (exact) mass is 372 g/mol. The van der Waals surface area contributed by atoms with Gasteiger partial charge in [0.25, 0.3) is 5.56 Å². The van der Waals surface area contributed by atoms with Gasteiger partial charge in [-0.2, -0.15) is 0 Å². The number of aryl methyl sites for hydroxylation is 1. The number of ether oxygens (including phenoxy) is 2. The predicted octanol–water partition coefficient (Wildman–Crippen LogP) is 0.729. The van der Waals surface area contributed by atoms with E-state index >= 15 is 0 Å². The van der Waals surface area contributed by atoms with Gasteiger partial charge in [0.05, 0.1) is 13.2 Å². The molecule has 0 saturated carbocycles. The molecule has 9 heteroatoms. The van der Waals surface area contributed by atoms with E-state index < -0.39 is 11.2 Å². The number of nitrogens with zero attached hydrogens (tertiary/aromatic N) is 3. The lowest BCUT2D eigenvalue weighted by Gasteiger charge is -2.22. The first-order valence-corrected chi connectivity index (χ1v) is 7.95. The molecule has 22 heavy (non-hydrogen) atoms. The lowest BCUT2D eigenvalue weighted by molar-refractivity contribution is -0.163. The van der Waals surface area contributed by atoms with Crippen LogP contribution in [-0.2, 0) is 23.1 Å². The number of aromatic nitrogens is 4. The Morgan fingerprint density at radius 1 is 1.45 bits per heavy atom. The number of nitrogens with one attached hydrogen (secondary N) is 1. The predicted molar refractivity (Wildman–Crippen MR) is 82.8 cm³/mol. The number of fused-ring (bicyclic) bond motifs is 1. The lowest BCUT2D eigenvalue weighted by atomic mass is 10.2. The minimum Gasteiger partial charge on any atom is -0.353 e. The van der Waals surface area contributed by atoms with Crippen molar-refractivity contribution in [1.29, 1.82) is 0 Å². The first-order valence-electron chi connectivity index (χ1n) is 7.16. The summed E-state index contributed by atoms with van der Waals surface area (Å²) >= 11 is 3.18. The Hall–Kier alpha value is -1.45. The Balaban J connectivity index is 1.81. The SMILES string of the molecule is Cn1c(=O)n(CCOC2CCCCO2)c(=O)c2[nH]c(Br)nc21. The van der Waals surface area contributed by atoms with Crippen LogP contribution in [0.4, 0.5) is 0 Å². The van der Waals surface area contributed by atoms with Crippen LogP contribution in [0.2, 0.25) is 0 Å². The summed E-state index contributed by atoms with van der Waals surface area (Å²) in [5.74, 6) is 0. The Morgan fingerprint density at radius 2 is 2.27 bits per heavy atom. The van der Waals surface area contributed by atoms with Crippen LogP contribution in [0.15, 0.2) is 14.3 Å². The zero-order chi connectivity index (χ0) is 15.7. The second-order valence-electron chi connectivity index (χ2n) is 5.19. The summed E-state index contributed by atoms with van der Waals surface area (Å²) in [6.45, 7) is 1.12. The molecule has 0 aliphatic carbocycles. The van der Waals surface area contributed by atoms with E-state index in [1.54, 1.807) is 7.05 Å². The van der Waals surface area contributed by atoms with Crippen LogP contribution in [0, 0.1) is 0 Å². The van der Waals surface area contributed by atoms with Gasteiger partial charge >= 0.3 is 5.69 Å². The van der Waals surface area contributed by atoms with Gasteiger partial charge in [-0.15, -0.1) is 0 Å². The second kappa shape index (κ2) is 6.35. The van der Waals surface area contributed by atoms with E-state index in [0.29, 0.717) is 22.5 Å². The van der Waals surface area contributed by atoms with E-state index in [-0.39, 0.29) is 19.4 Å². The molecule has 1 atom stereocenters. The molecule has 1 unspecified atom stereocenters. The molecule has 1 saturated heterocycles. The van der Waals surface area contributed by atoms with Crippen molar-refractivity contribution in [2.45, 2.75) is 32.1 Å². The summed E-state index contributed by atoms with van der Waals surface area (Å²) in [7, 11) is 1.58. The van der Waals surface area contributed by atoms with Crippen molar-refractivity contribution in [1.82, 2.24) is 19.1 Å². The summed E-state index contributed by atoms with van der Waals surface area (Å²) in [6, 6.07) is 0. The third-order valence-corrected chi connectivity index (χ3v) is 4.08. The molecule has 8 nitrogen and oxygen atoms in total. The Bertz CT molecular complexity index is 788. The van der Waals surface area contributed by atoms with E-state index in [1.807, 2.05) is 0 Å². The molecular weight excluding hydrogens is 356 g/mol. The average Bonchev–Trinajstić information content (AvgIpc) is 2.92. The summed E-state index contributed by atoms with van der Waals surface area (Å²) in [5.41, 5.74) is -0.188. The van der Waals surface area contributed by atoms with Crippen molar-refractivity contribution in [2.24, 2.45) is 7.05 Å². The molecule has 2 aromatic heterocycles. The zero-order valence-electron chi connectivity index (χ0n) is 12.2. The highest BCUT2D eigenvalue weighted by Crippen LogP contribution is 2.13. The van der Waals surface area contributed by atoms with Gasteiger partial charge in [0.2, 0.25) is 0 Å². The van der Waals surface area contributed by atoms with Gasteiger partial charge in [0.15, 0.2) is 22.2 Å². The van der Waals surface area contributed by atoms with Gasteiger partial charge in [0.1, 0.15) is 0 Å². The highest BCUT2D eigenvalue weighted by Gasteiger charge is 2.16. The van der Waals surface area contributed by atoms with Gasteiger partial charge < -0.3 is 14.5 Å². The standard InChI is InChI=1S/C13H17BrN4O4/c1-17-10-9(15-12(14)16-10)11(19)18(13(17)20)5-7-22-8-4-2-3-6-21-8/h8H,2-7H2,1H3,(H,15,16). The maximum atomic E-state index is 12.4.